The van der Waals surface area contributed by atoms with Gasteiger partial charge in [0.1, 0.15) is 0 Å². The molecule has 0 saturated carbocycles. The molecule has 1 fully saturated rings. The molecule has 1 aliphatic rings. The Morgan fingerprint density at radius 3 is 2.52 bits per heavy atom. The van der Waals surface area contributed by atoms with Crippen LogP contribution in [0.1, 0.15) is 24.4 Å². The topological polar surface area (TPSA) is 80.5 Å². The molecular weight excluding hydrogens is 335 g/mol. The summed E-state index contributed by atoms with van der Waals surface area (Å²) >= 11 is 11.9. The predicted octanol–water partition coefficient (Wildman–Crippen LogP) is 2.19. The van der Waals surface area contributed by atoms with E-state index in [1.807, 2.05) is 0 Å². The number of rotatable bonds is 3. The average Bonchev–Trinajstić information content (AvgIpc) is 2.40. The van der Waals surface area contributed by atoms with E-state index in [2.05, 4.69) is 0 Å². The Morgan fingerprint density at radius 1 is 1.33 bits per heavy atom. The summed E-state index contributed by atoms with van der Waals surface area (Å²) in [5.74, 6) is -0.754. The molecule has 0 aromatic heterocycles. The van der Waals surface area contributed by atoms with Crippen LogP contribution in [0.3, 0.4) is 0 Å². The van der Waals surface area contributed by atoms with Crippen LogP contribution in [0.15, 0.2) is 18.2 Å². The number of sulfonamides is 1. The van der Waals surface area contributed by atoms with E-state index in [1.165, 1.54) is 4.31 Å². The van der Waals surface area contributed by atoms with Gasteiger partial charge in [0.15, 0.2) is 0 Å². The number of carbonyl (C=O) groups excluding carboxylic acids is 1. The molecule has 2 unspecified atom stereocenters. The summed E-state index contributed by atoms with van der Waals surface area (Å²) in [5, 5.41) is 0.748. The van der Waals surface area contributed by atoms with E-state index >= 15 is 0 Å². The SMILES string of the molecule is CS(=O)(=O)N1CCC(C(N)=O)CC1c1ccc(Cl)c(Cl)c1. The van der Waals surface area contributed by atoms with E-state index in [4.69, 9.17) is 28.9 Å². The molecule has 1 aromatic carbocycles. The molecule has 0 radical (unpaired) electrons. The number of piperidine rings is 1. The minimum absolute atomic E-state index is 0.261. The minimum Gasteiger partial charge on any atom is -0.369 e. The van der Waals surface area contributed by atoms with E-state index in [-0.39, 0.29) is 12.5 Å². The van der Waals surface area contributed by atoms with Crippen LogP contribution < -0.4 is 5.73 Å². The quantitative estimate of drug-likeness (QED) is 0.906. The number of primary amides is 1. The molecule has 8 heteroatoms. The second-order valence-electron chi connectivity index (χ2n) is 5.19. The number of nitrogens with zero attached hydrogens (tertiary/aromatic N) is 1. The highest BCUT2D eigenvalue weighted by Crippen LogP contribution is 2.37. The molecule has 1 aromatic rings. The third-order valence-corrected chi connectivity index (χ3v) is 5.74. The van der Waals surface area contributed by atoms with Gasteiger partial charge in [-0.25, -0.2) is 8.42 Å². The molecule has 2 atom stereocenters. The lowest BCUT2D eigenvalue weighted by atomic mass is 9.88. The number of nitrogens with two attached hydrogens (primary N) is 1. The third kappa shape index (κ3) is 3.69. The van der Waals surface area contributed by atoms with Crippen LogP contribution in [0.4, 0.5) is 0 Å². The summed E-state index contributed by atoms with van der Waals surface area (Å²) in [4.78, 5) is 11.4. The molecule has 0 bridgehead atoms. The number of halogens is 2. The van der Waals surface area contributed by atoms with Gasteiger partial charge in [0.05, 0.1) is 22.3 Å². The van der Waals surface area contributed by atoms with Gasteiger partial charge in [0.2, 0.25) is 15.9 Å². The number of hydrogen-bond acceptors (Lipinski definition) is 3. The molecule has 0 aliphatic carbocycles. The molecule has 21 heavy (non-hydrogen) atoms. The summed E-state index contributed by atoms with van der Waals surface area (Å²) in [6.07, 6.45) is 1.93. The van der Waals surface area contributed by atoms with Crippen molar-refractivity contribution < 1.29 is 13.2 Å². The molecule has 2 N–H and O–H groups in total. The largest absolute Gasteiger partial charge is 0.369 e. The highest BCUT2D eigenvalue weighted by molar-refractivity contribution is 7.88. The fourth-order valence-corrected chi connectivity index (χ4v) is 4.03. The highest BCUT2D eigenvalue weighted by Gasteiger charge is 2.36. The standard InChI is InChI=1S/C13H16Cl2N2O3S/c1-21(19,20)17-5-4-9(13(16)18)7-12(17)8-2-3-10(14)11(15)6-8/h2-3,6,9,12H,4-5,7H2,1H3,(H2,16,18). The summed E-state index contributed by atoms with van der Waals surface area (Å²) in [7, 11) is -3.39. The van der Waals surface area contributed by atoms with Crippen LogP contribution in [-0.2, 0) is 14.8 Å². The normalized spacial score (nSPS) is 24.0. The summed E-state index contributed by atoms with van der Waals surface area (Å²) in [6, 6.07) is 4.52. The Hall–Kier alpha value is -0.820. The van der Waals surface area contributed by atoms with E-state index in [1.54, 1.807) is 18.2 Å². The Balaban J connectivity index is 2.41. The van der Waals surface area contributed by atoms with Gasteiger partial charge in [0.25, 0.3) is 0 Å². The van der Waals surface area contributed by atoms with Crippen LogP contribution in [0.2, 0.25) is 10.0 Å². The molecule has 1 heterocycles. The lowest BCUT2D eigenvalue weighted by Gasteiger charge is -2.37. The van der Waals surface area contributed by atoms with Gasteiger partial charge in [0, 0.05) is 12.5 Å². The van der Waals surface area contributed by atoms with Crippen molar-refractivity contribution in [3.63, 3.8) is 0 Å². The van der Waals surface area contributed by atoms with Crippen molar-refractivity contribution >= 4 is 39.1 Å². The number of hydrogen-bond donors (Lipinski definition) is 1. The lowest BCUT2D eigenvalue weighted by molar-refractivity contribution is -0.123. The smallest absolute Gasteiger partial charge is 0.220 e. The molecule has 5 nitrogen and oxygen atoms in total. The van der Waals surface area contributed by atoms with Crippen LogP contribution >= 0.6 is 23.2 Å². The molecule has 116 valence electrons. The Bertz CT molecular complexity index is 663. The van der Waals surface area contributed by atoms with Crippen LogP contribution in [-0.4, -0.2) is 31.4 Å². The third-order valence-electron chi connectivity index (χ3n) is 3.71. The van der Waals surface area contributed by atoms with Crippen LogP contribution in [0.25, 0.3) is 0 Å². The summed E-state index contributed by atoms with van der Waals surface area (Å²) in [5.41, 5.74) is 6.07. The van der Waals surface area contributed by atoms with E-state index < -0.39 is 22.0 Å². The average molecular weight is 351 g/mol. The zero-order valence-electron chi connectivity index (χ0n) is 11.4. The number of carbonyl (C=O) groups is 1. The van der Waals surface area contributed by atoms with Crippen LogP contribution in [0, 0.1) is 5.92 Å². The number of benzene rings is 1. The first-order valence-corrected chi connectivity index (χ1v) is 9.01. The van der Waals surface area contributed by atoms with E-state index in [0.29, 0.717) is 28.5 Å². The van der Waals surface area contributed by atoms with Gasteiger partial charge in [-0.1, -0.05) is 29.3 Å². The molecule has 0 spiro atoms. The maximum absolute atomic E-state index is 11.9. The van der Waals surface area contributed by atoms with Crippen molar-refractivity contribution in [2.75, 3.05) is 12.8 Å². The zero-order chi connectivity index (χ0) is 15.8. The van der Waals surface area contributed by atoms with Crippen molar-refractivity contribution in [3.8, 4) is 0 Å². The van der Waals surface area contributed by atoms with Gasteiger partial charge >= 0.3 is 0 Å². The first kappa shape index (κ1) is 16.5. The van der Waals surface area contributed by atoms with Crippen molar-refractivity contribution in [1.29, 1.82) is 0 Å². The molecule has 1 aliphatic heterocycles. The summed E-state index contributed by atoms with van der Waals surface area (Å²) < 4.78 is 25.3. The molecule has 1 saturated heterocycles. The van der Waals surface area contributed by atoms with Gasteiger partial charge < -0.3 is 5.73 Å². The van der Waals surface area contributed by atoms with Crippen molar-refractivity contribution in [1.82, 2.24) is 4.31 Å². The number of amides is 1. The van der Waals surface area contributed by atoms with Gasteiger partial charge in [-0.05, 0) is 30.5 Å². The Kier molecular flexibility index (Phi) is 4.82. The summed E-state index contributed by atoms with van der Waals surface area (Å²) in [6.45, 7) is 0.261. The second-order valence-corrected chi connectivity index (χ2v) is 7.94. The molecule has 1 amide bonds. The van der Waals surface area contributed by atoms with Crippen molar-refractivity contribution in [2.45, 2.75) is 18.9 Å². The van der Waals surface area contributed by atoms with Gasteiger partial charge in [-0.2, -0.15) is 4.31 Å². The van der Waals surface area contributed by atoms with E-state index in [0.717, 1.165) is 6.26 Å². The fraction of sp³-hybridized carbons (Fsp3) is 0.462. The molecule has 2 rings (SSSR count). The predicted molar refractivity (Wildman–Crippen MR) is 82.7 cm³/mol. The monoisotopic (exact) mass is 350 g/mol. The first-order chi connectivity index (χ1) is 9.70. The minimum atomic E-state index is -3.39. The highest BCUT2D eigenvalue weighted by atomic mass is 35.5. The van der Waals surface area contributed by atoms with Crippen molar-refractivity contribution in [3.05, 3.63) is 33.8 Å². The first-order valence-electron chi connectivity index (χ1n) is 6.41. The zero-order valence-corrected chi connectivity index (χ0v) is 13.7. The van der Waals surface area contributed by atoms with Crippen LogP contribution in [0.5, 0.6) is 0 Å². The van der Waals surface area contributed by atoms with E-state index in [9.17, 15) is 13.2 Å². The van der Waals surface area contributed by atoms with Crippen molar-refractivity contribution in [2.24, 2.45) is 11.7 Å². The Labute approximate surface area is 134 Å². The lowest BCUT2D eigenvalue weighted by Crippen LogP contribution is -2.43. The second kappa shape index (κ2) is 6.12. The van der Waals surface area contributed by atoms with Gasteiger partial charge in [-0.15, -0.1) is 0 Å². The fourth-order valence-electron chi connectivity index (χ4n) is 2.62. The maximum atomic E-state index is 11.9. The Morgan fingerprint density at radius 2 is 2.00 bits per heavy atom. The molecular formula is C13H16Cl2N2O3S. The van der Waals surface area contributed by atoms with Gasteiger partial charge in [-0.3, -0.25) is 4.79 Å². The maximum Gasteiger partial charge on any atom is 0.220 e.